The van der Waals surface area contributed by atoms with Crippen molar-refractivity contribution < 1.29 is 9.90 Å². The van der Waals surface area contributed by atoms with Crippen LogP contribution in [0.1, 0.15) is 29.4 Å². The first-order chi connectivity index (χ1) is 7.18. The second-order valence-corrected chi connectivity index (χ2v) is 5.26. The molecule has 1 aromatic rings. The van der Waals surface area contributed by atoms with E-state index in [2.05, 4.69) is 0 Å². The molecule has 0 saturated carbocycles. The summed E-state index contributed by atoms with van der Waals surface area (Å²) in [5.74, 6) is 1.29. The van der Waals surface area contributed by atoms with Gasteiger partial charge >= 0.3 is 5.97 Å². The van der Waals surface area contributed by atoms with Crippen molar-refractivity contribution >= 4 is 29.3 Å². The fraction of sp³-hybridized carbons (Fsp3) is 0.500. The van der Waals surface area contributed by atoms with Gasteiger partial charge in [0.15, 0.2) is 0 Å². The Hall–Kier alpha value is -0.610. The zero-order valence-electron chi connectivity index (χ0n) is 8.15. The summed E-state index contributed by atoms with van der Waals surface area (Å²) in [7, 11) is 0. The molecule has 2 rings (SSSR count). The van der Waals surface area contributed by atoms with Gasteiger partial charge in [-0.25, -0.2) is 4.79 Å². The molecule has 0 atom stereocenters. The maximum Gasteiger partial charge on any atom is 0.352 e. The van der Waals surface area contributed by atoms with E-state index in [4.69, 9.17) is 16.7 Å². The van der Waals surface area contributed by atoms with Crippen LogP contribution < -0.4 is 0 Å². The highest BCUT2D eigenvalue weighted by Crippen LogP contribution is 2.30. The number of carboxylic acid groups (broad SMARTS) is 1. The molecule has 1 aromatic heterocycles. The Morgan fingerprint density at radius 1 is 1.53 bits per heavy atom. The average Bonchev–Trinajstić information content (AvgIpc) is 2.62. The average molecular weight is 246 g/mol. The number of hydrogen-bond donors (Lipinski definition) is 1. The molecule has 0 aliphatic carbocycles. The Morgan fingerprint density at radius 3 is 2.80 bits per heavy atom. The quantitative estimate of drug-likeness (QED) is 0.871. The van der Waals surface area contributed by atoms with Crippen LogP contribution in [-0.4, -0.2) is 27.1 Å². The normalized spacial score (nSPS) is 17.9. The first-order valence-electron chi connectivity index (χ1n) is 4.87. The summed E-state index contributed by atoms with van der Waals surface area (Å²) >= 11 is 7.76. The van der Waals surface area contributed by atoms with Gasteiger partial charge in [-0.15, -0.1) is 0 Å². The molecule has 82 valence electrons. The number of carbonyl (C=O) groups is 1. The molecular formula is C10H12ClNO2S. The highest BCUT2D eigenvalue weighted by atomic mass is 35.5. The lowest BCUT2D eigenvalue weighted by Gasteiger charge is -2.24. The van der Waals surface area contributed by atoms with Crippen molar-refractivity contribution in [2.45, 2.75) is 18.9 Å². The number of thioether (sulfide) groups is 1. The van der Waals surface area contributed by atoms with Gasteiger partial charge in [0.05, 0.1) is 5.02 Å². The van der Waals surface area contributed by atoms with E-state index in [-0.39, 0.29) is 0 Å². The minimum atomic E-state index is -0.903. The molecule has 0 unspecified atom stereocenters. The summed E-state index contributed by atoms with van der Waals surface area (Å²) in [6.07, 6.45) is 3.78. The summed E-state index contributed by atoms with van der Waals surface area (Å²) in [5.41, 5.74) is 0.303. The summed E-state index contributed by atoms with van der Waals surface area (Å²) in [5, 5.41) is 9.53. The molecule has 1 N–H and O–H groups in total. The Balaban J connectivity index is 2.28. The number of aromatic nitrogens is 1. The van der Waals surface area contributed by atoms with Crippen molar-refractivity contribution in [3.05, 3.63) is 23.0 Å². The van der Waals surface area contributed by atoms with Gasteiger partial charge in [-0.3, -0.25) is 0 Å². The van der Waals surface area contributed by atoms with Gasteiger partial charge in [0.25, 0.3) is 0 Å². The molecule has 0 spiro atoms. The van der Waals surface area contributed by atoms with Crippen LogP contribution in [0, 0.1) is 0 Å². The molecule has 2 heterocycles. The molecule has 5 heteroatoms. The third-order valence-corrected chi connectivity index (χ3v) is 3.87. The predicted molar refractivity (Wildman–Crippen MR) is 62.0 cm³/mol. The van der Waals surface area contributed by atoms with Crippen LogP contribution in [0.2, 0.25) is 5.02 Å². The lowest BCUT2D eigenvalue weighted by Crippen LogP contribution is -2.18. The number of carboxylic acids is 1. The highest BCUT2D eigenvalue weighted by Gasteiger charge is 2.21. The van der Waals surface area contributed by atoms with Crippen molar-refractivity contribution in [2.24, 2.45) is 0 Å². The second kappa shape index (κ2) is 4.49. The van der Waals surface area contributed by atoms with Crippen molar-refractivity contribution in [1.82, 2.24) is 4.57 Å². The van der Waals surface area contributed by atoms with Gasteiger partial charge in [-0.05, 0) is 30.4 Å². The monoisotopic (exact) mass is 245 g/mol. The van der Waals surface area contributed by atoms with Gasteiger partial charge in [0.2, 0.25) is 0 Å². The van der Waals surface area contributed by atoms with Gasteiger partial charge < -0.3 is 9.67 Å². The van der Waals surface area contributed by atoms with Gasteiger partial charge in [0, 0.05) is 12.2 Å². The smallest absolute Gasteiger partial charge is 0.352 e. The molecule has 1 fully saturated rings. The maximum atomic E-state index is 11.0. The molecule has 3 nitrogen and oxygen atoms in total. The van der Waals surface area contributed by atoms with E-state index >= 15 is 0 Å². The lowest BCUT2D eigenvalue weighted by molar-refractivity contribution is 0.0682. The van der Waals surface area contributed by atoms with Crippen LogP contribution in [0.15, 0.2) is 12.3 Å². The maximum absolute atomic E-state index is 11.0. The van der Waals surface area contributed by atoms with Gasteiger partial charge in [-0.2, -0.15) is 11.8 Å². The van der Waals surface area contributed by atoms with E-state index in [1.54, 1.807) is 6.20 Å². The molecule has 1 aliphatic rings. The zero-order valence-corrected chi connectivity index (χ0v) is 9.72. The highest BCUT2D eigenvalue weighted by molar-refractivity contribution is 7.99. The molecule has 1 saturated heterocycles. The van der Waals surface area contributed by atoms with Crippen molar-refractivity contribution in [3.8, 4) is 0 Å². The minimum absolute atomic E-state index is 0.296. The molecule has 15 heavy (non-hydrogen) atoms. The van der Waals surface area contributed by atoms with Gasteiger partial charge in [0.1, 0.15) is 5.69 Å². The third kappa shape index (κ3) is 2.32. The van der Waals surface area contributed by atoms with E-state index in [1.807, 2.05) is 16.3 Å². The largest absolute Gasteiger partial charge is 0.477 e. The summed E-state index contributed by atoms with van der Waals surface area (Å²) in [6, 6.07) is 1.82. The van der Waals surface area contributed by atoms with E-state index < -0.39 is 5.97 Å². The summed E-state index contributed by atoms with van der Waals surface area (Å²) in [6.45, 7) is 0. The van der Waals surface area contributed by atoms with E-state index in [1.165, 1.54) is 6.07 Å². The Labute approximate surface area is 97.4 Å². The second-order valence-electron chi connectivity index (χ2n) is 3.60. The van der Waals surface area contributed by atoms with Gasteiger partial charge in [-0.1, -0.05) is 11.6 Å². The Bertz CT molecular complexity index is 371. The van der Waals surface area contributed by atoms with Crippen LogP contribution in [0.5, 0.6) is 0 Å². The van der Waals surface area contributed by atoms with E-state index in [0.717, 1.165) is 24.3 Å². The van der Waals surface area contributed by atoms with Crippen molar-refractivity contribution in [2.75, 3.05) is 11.5 Å². The lowest BCUT2D eigenvalue weighted by atomic mass is 10.1. The third-order valence-electron chi connectivity index (χ3n) is 2.62. The molecule has 0 radical (unpaired) electrons. The number of halogens is 1. The zero-order chi connectivity index (χ0) is 10.8. The molecule has 1 aliphatic heterocycles. The number of hydrogen-bond acceptors (Lipinski definition) is 2. The van der Waals surface area contributed by atoms with Crippen LogP contribution in [0.25, 0.3) is 0 Å². The topological polar surface area (TPSA) is 42.2 Å². The fourth-order valence-electron chi connectivity index (χ4n) is 1.88. The minimum Gasteiger partial charge on any atom is -0.477 e. The van der Waals surface area contributed by atoms with Crippen LogP contribution in [-0.2, 0) is 0 Å². The van der Waals surface area contributed by atoms with E-state index in [0.29, 0.717) is 16.8 Å². The predicted octanol–water partition coefficient (Wildman–Crippen LogP) is 2.91. The van der Waals surface area contributed by atoms with Crippen LogP contribution >= 0.6 is 23.4 Å². The molecule has 0 amide bonds. The van der Waals surface area contributed by atoms with Crippen molar-refractivity contribution in [1.29, 1.82) is 0 Å². The fourth-order valence-corrected chi connectivity index (χ4v) is 3.17. The first kappa shape index (κ1) is 10.9. The SMILES string of the molecule is O=C(O)c1cc(Cl)cn1C1CCSCC1. The Morgan fingerprint density at radius 2 is 2.20 bits per heavy atom. The molecular weight excluding hydrogens is 234 g/mol. The standard InChI is InChI=1S/C10H12ClNO2S/c11-7-5-9(10(13)14)12(6-7)8-1-3-15-4-2-8/h5-6,8H,1-4H2,(H,13,14). The van der Waals surface area contributed by atoms with Crippen LogP contribution in [0.4, 0.5) is 0 Å². The summed E-state index contributed by atoms with van der Waals surface area (Å²) in [4.78, 5) is 11.0. The number of aromatic carboxylic acids is 1. The summed E-state index contributed by atoms with van der Waals surface area (Å²) < 4.78 is 1.81. The number of rotatable bonds is 2. The Kier molecular flexibility index (Phi) is 3.26. The number of nitrogens with zero attached hydrogens (tertiary/aromatic N) is 1. The molecule has 0 bridgehead atoms. The van der Waals surface area contributed by atoms with Crippen LogP contribution in [0.3, 0.4) is 0 Å². The van der Waals surface area contributed by atoms with Crippen molar-refractivity contribution in [3.63, 3.8) is 0 Å². The molecule has 0 aromatic carbocycles. The van der Waals surface area contributed by atoms with E-state index in [9.17, 15) is 4.79 Å². The first-order valence-corrected chi connectivity index (χ1v) is 6.40.